The van der Waals surface area contributed by atoms with E-state index < -0.39 is 23.6 Å². The third kappa shape index (κ3) is 6.34. The largest absolute Gasteiger partial charge is 0.478 e. The topological polar surface area (TPSA) is 95.9 Å². The van der Waals surface area contributed by atoms with Crippen LogP contribution in [0.5, 0.6) is 0 Å². The van der Waals surface area contributed by atoms with Gasteiger partial charge in [-0.05, 0) is 82.1 Å². The van der Waals surface area contributed by atoms with Crippen molar-refractivity contribution >= 4 is 29.3 Å². The van der Waals surface area contributed by atoms with Gasteiger partial charge in [-0.1, -0.05) is 6.07 Å². The number of hydrogen-bond acceptors (Lipinski definition) is 4. The normalized spacial score (nSPS) is 10.9. The van der Waals surface area contributed by atoms with E-state index in [4.69, 9.17) is 9.84 Å². The third-order valence-corrected chi connectivity index (χ3v) is 4.13. The molecule has 154 valence electrons. The summed E-state index contributed by atoms with van der Waals surface area (Å²) in [5.74, 6) is -1.48. The summed E-state index contributed by atoms with van der Waals surface area (Å²) in [7, 11) is 0. The van der Waals surface area contributed by atoms with Gasteiger partial charge in [-0.3, -0.25) is 9.69 Å². The minimum atomic E-state index is -1.05. The number of anilines is 2. The van der Waals surface area contributed by atoms with Crippen molar-refractivity contribution in [3.63, 3.8) is 0 Å². The molecule has 0 aliphatic carbocycles. The van der Waals surface area contributed by atoms with E-state index in [-0.39, 0.29) is 12.1 Å². The molecule has 2 rings (SSSR count). The molecule has 2 aromatic carbocycles. The van der Waals surface area contributed by atoms with Gasteiger partial charge in [0.25, 0.3) is 0 Å². The summed E-state index contributed by atoms with van der Waals surface area (Å²) >= 11 is 0. The number of carboxylic acids is 1. The van der Waals surface area contributed by atoms with Gasteiger partial charge in [0.2, 0.25) is 5.91 Å². The van der Waals surface area contributed by atoms with Gasteiger partial charge in [0.1, 0.15) is 12.1 Å². The van der Waals surface area contributed by atoms with Gasteiger partial charge in [-0.25, -0.2) is 9.59 Å². The maximum absolute atomic E-state index is 12.7. The molecule has 0 saturated carbocycles. The zero-order valence-corrected chi connectivity index (χ0v) is 17.3. The van der Waals surface area contributed by atoms with Gasteiger partial charge in [0.05, 0.1) is 5.56 Å². The fourth-order valence-electron chi connectivity index (χ4n) is 2.51. The number of rotatable bonds is 5. The van der Waals surface area contributed by atoms with Crippen molar-refractivity contribution in [2.24, 2.45) is 0 Å². The molecule has 0 heterocycles. The Morgan fingerprint density at radius 2 is 1.62 bits per heavy atom. The number of nitrogens with one attached hydrogen (secondary N) is 1. The monoisotopic (exact) mass is 398 g/mol. The van der Waals surface area contributed by atoms with Crippen LogP contribution in [0.25, 0.3) is 0 Å². The number of benzene rings is 2. The minimum Gasteiger partial charge on any atom is -0.478 e. The number of carbonyl (C=O) groups is 3. The Bertz CT molecular complexity index is 914. The molecule has 0 atom stereocenters. The molecule has 0 saturated heterocycles. The Labute approximate surface area is 170 Å². The number of aryl methyl sites for hydroxylation is 2. The molecule has 0 radical (unpaired) electrons. The van der Waals surface area contributed by atoms with Gasteiger partial charge < -0.3 is 15.2 Å². The maximum Gasteiger partial charge on any atom is 0.415 e. The second kappa shape index (κ2) is 8.77. The summed E-state index contributed by atoms with van der Waals surface area (Å²) in [6.07, 6.45) is -0.628. The first kappa shape index (κ1) is 21.9. The molecule has 29 heavy (non-hydrogen) atoms. The van der Waals surface area contributed by atoms with E-state index >= 15 is 0 Å². The molecule has 7 nitrogen and oxygen atoms in total. The van der Waals surface area contributed by atoms with Crippen LogP contribution in [0.2, 0.25) is 0 Å². The first-order valence-electron chi connectivity index (χ1n) is 9.17. The molecule has 0 aromatic heterocycles. The Kier molecular flexibility index (Phi) is 6.64. The van der Waals surface area contributed by atoms with Crippen molar-refractivity contribution in [1.29, 1.82) is 0 Å². The maximum atomic E-state index is 12.7. The minimum absolute atomic E-state index is 0.119. The van der Waals surface area contributed by atoms with Gasteiger partial charge in [-0.2, -0.15) is 0 Å². The second-order valence-electron chi connectivity index (χ2n) is 7.77. The Balaban J connectivity index is 2.21. The second-order valence-corrected chi connectivity index (χ2v) is 7.77. The third-order valence-electron chi connectivity index (χ3n) is 4.13. The smallest absolute Gasteiger partial charge is 0.415 e. The highest BCUT2D eigenvalue weighted by molar-refractivity contribution is 6.00. The number of hydrogen-bond donors (Lipinski definition) is 2. The van der Waals surface area contributed by atoms with E-state index in [0.717, 1.165) is 11.1 Å². The van der Waals surface area contributed by atoms with Crippen LogP contribution in [-0.4, -0.2) is 35.2 Å². The van der Waals surface area contributed by atoms with Crippen LogP contribution in [0.3, 0.4) is 0 Å². The van der Waals surface area contributed by atoms with Crippen LogP contribution in [0.4, 0.5) is 16.2 Å². The SMILES string of the molecule is Cc1ccc(N(CC(=O)Nc2ccc(C(=O)O)cc2)C(=O)OC(C)(C)C)cc1C. The molecule has 2 N–H and O–H groups in total. The Morgan fingerprint density at radius 3 is 2.14 bits per heavy atom. The molecule has 2 amide bonds. The van der Waals surface area contributed by atoms with E-state index in [0.29, 0.717) is 11.4 Å². The number of carbonyl (C=O) groups excluding carboxylic acids is 2. The van der Waals surface area contributed by atoms with Crippen LogP contribution in [0.1, 0.15) is 42.3 Å². The average Bonchev–Trinajstić information content (AvgIpc) is 2.61. The van der Waals surface area contributed by atoms with Crippen LogP contribution in [0.15, 0.2) is 42.5 Å². The van der Waals surface area contributed by atoms with Gasteiger partial charge in [-0.15, -0.1) is 0 Å². The zero-order valence-electron chi connectivity index (χ0n) is 17.3. The van der Waals surface area contributed by atoms with Crippen LogP contribution >= 0.6 is 0 Å². The van der Waals surface area contributed by atoms with Crippen LogP contribution < -0.4 is 10.2 Å². The lowest BCUT2D eigenvalue weighted by Crippen LogP contribution is -2.41. The summed E-state index contributed by atoms with van der Waals surface area (Å²) in [6, 6.07) is 11.3. The van der Waals surface area contributed by atoms with Crippen molar-refractivity contribution in [3.05, 3.63) is 59.2 Å². The van der Waals surface area contributed by atoms with Crippen molar-refractivity contribution in [2.75, 3.05) is 16.8 Å². The molecule has 0 spiro atoms. The number of nitrogens with zero attached hydrogens (tertiary/aromatic N) is 1. The van der Waals surface area contributed by atoms with Crippen LogP contribution in [-0.2, 0) is 9.53 Å². The summed E-state index contributed by atoms with van der Waals surface area (Å²) in [5.41, 5.74) is 2.45. The number of amides is 2. The molecule has 0 fully saturated rings. The van der Waals surface area contributed by atoms with Gasteiger partial charge in [0.15, 0.2) is 0 Å². The van der Waals surface area contributed by atoms with Crippen LogP contribution in [0, 0.1) is 13.8 Å². The Hall–Kier alpha value is -3.35. The van der Waals surface area contributed by atoms with E-state index in [2.05, 4.69) is 5.32 Å². The predicted molar refractivity (Wildman–Crippen MR) is 112 cm³/mol. The van der Waals surface area contributed by atoms with Crippen molar-refractivity contribution in [1.82, 2.24) is 0 Å². The lowest BCUT2D eigenvalue weighted by atomic mass is 10.1. The quantitative estimate of drug-likeness (QED) is 0.779. The average molecular weight is 398 g/mol. The van der Waals surface area contributed by atoms with E-state index in [1.807, 2.05) is 26.0 Å². The van der Waals surface area contributed by atoms with Crippen molar-refractivity contribution < 1.29 is 24.2 Å². The molecular weight excluding hydrogens is 372 g/mol. The lowest BCUT2D eigenvalue weighted by molar-refractivity contribution is -0.115. The van der Waals surface area contributed by atoms with Gasteiger partial charge >= 0.3 is 12.1 Å². The first-order chi connectivity index (χ1) is 13.5. The Morgan fingerprint density at radius 1 is 1.00 bits per heavy atom. The van der Waals surface area contributed by atoms with Crippen molar-refractivity contribution in [2.45, 2.75) is 40.2 Å². The lowest BCUT2D eigenvalue weighted by Gasteiger charge is -2.27. The number of carboxylic acid groups (broad SMARTS) is 1. The fraction of sp³-hybridized carbons (Fsp3) is 0.318. The molecule has 2 aromatic rings. The molecule has 0 aliphatic heterocycles. The summed E-state index contributed by atoms with van der Waals surface area (Å²) in [5, 5.41) is 11.6. The molecule has 0 bridgehead atoms. The molecule has 0 aliphatic rings. The molecule has 7 heteroatoms. The fourth-order valence-corrected chi connectivity index (χ4v) is 2.51. The summed E-state index contributed by atoms with van der Waals surface area (Å²) < 4.78 is 5.46. The van der Waals surface area contributed by atoms with E-state index in [9.17, 15) is 14.4 Å². The highest BCUT2D eigenvalue weighted by Crippen LogP contribution is 2.22. The number of ether oxygens (including phenoxy) is 1. The first-order valence-corrected chi connectivity index (χ1v) is 9.17. The highest BCUT2D eigenvalue weighted by Gasteiger charge is 2.25. The number of aromatic carboxylic acids is 1. The van der Waals surface area contributed by atoms with Gasteiger partial charge in [0, 0.05) is 11.4 Å². The van der Waals surface area contributed by atoms with Crippen molar-refractivity contribution in [3.8, 4) is 0 Å². The molecular formula is C22H26N2O5. The standard InChI is InChI=1S/C22H26N2O5/c1-14-6-11-18(12-15(14)2)24(21(28)29-22(3,4)5)13-19(25)23-17-9-7-16(8-10-17)20(26)27/h6-12H,13H2,1-5H3,(H,23,25)(H,26,27). The zero-order chi connectivity index (χ0) is 21.8. The molecule has 0 unspecified atom stereocenters. The highest BCUT2D eigenvalue weighted by atomic mass is 16.6. The van der Waals surface area contributed by atoms with E-state index in [1.165, 1.54) is 29.2 Å². The summed E-state index contributed by atoms with van der Waals surface area (Å²) in [6.45, 7) is 8.91. The van der Waals surface area contributed by atoms with E-state index in [1.54, 1.807) is 26.8 Å². The summed E-state index contributed by atoms with van der Waals surface area (Å²) in [4.78, 5) is 37.5. The predicted octanol–water partition coefficient (Wildman–Crippen LogP) is 4.38.